The number of carbonyl (C=O) groups excluding carboxylic acids is 2. The summed E-state index contributed by atoms with van der Waals surface area (Å²) in [6, 6.07) is 14.8. The summed E-state index contributed by atoms with van der Waals surface area (Å²) in [6.45, 7) is 1.29. The van der Waals surface area contributed by atoms with Crippen molar-refractivity contribution in [1.82, 2.24) is 10.2 Å². The summed E-state index contributed by atoms with van der Waals surface area (Å²) < 4.78 is 10.4. The molecule has 2 aromatic rings. The van der Waals surface area contributed by atoms with Gasteiger partial charge in [-0.3, -0.25) is 9.59 Å². The second kappa shape index (κ2) is 9.26. The number of benzene rings is 2. The van der Waals surface area contributed by atoms with E-state index < -0.39 is 0 Å². The van der Waals surface area contributed by atoms with E-state index in [4.69, 9.17) is 9.47 Å². The molecule has 2 amide bonds. The topological polar surface area (TPSA) is 67.9 Å². The van der Waals surface area contributed by atoms with Crippen LogP contribution in [0.1, 0.15) is 28.8 Å². The van der Waals surface area contributed by atoms with Gasteiger partial charge in [0, 0.05) is 19.1 Å². The third kappa shape index (κ3) is 4.82. The van der Waals surface area contributed by atoms with Crippen LogP contribution in [-0.2, 0) is 11.2 Å². The molecule has 6 nitrogen and oxygen atoms in total. The van der Waals surface area contributed by atoms with Crippen LogP contribution in [0.3, 0.4) is 0 Å². The highest BCUT2D eigenvalue weighted by Crippen LogP contribution is 2.19. The van der Waals surface area contributed by atoms with Gasteiger partial charge in [0.25, 0.3) is 5.91 Å². The van der Waals surface area contributed by atoms with Gasteiger partial charge in [-0.1, -0.05) is 24.3 Å². The van der Waals surface area contributed by atoms with Crippen molar-refractivity contribution in [2.75, 3.05) is 27.3 Å². The molecule has 1 aliphatic rings. The Labute approximate surface area is 165 Å². The van der Waals surface area contributed by atoms with E-state index in [1.54, 1.807) is 26.4 Å². The van der Waals surface area contributed by atoms with Crippen molar-refractivity contribution in [3.8, 4) is 11.5 Å². The average Bonchev–Trinajstić information content (AvgIpc) is 2.74. The van der Waals surface area contributed by atoms with Gasteiger partial charge in [0.1, 0.15) is 11.5 Å². The van der Waals surface area contributed by atoms with E-state index in [0.29, 0.717) is 30.8 Å². The zero-order valence-corrected chi connectivity index (χ0v) is 16.3. The van der Waals surface area contributed by atoms with Gasteiger partial charge in [-0.15, -0.1) is 0 Å². The number of nitrogens with one attached hydrogen (secondary N) is 1. The maximum absolute atomic E-state index is 12.5. The number of para-hydroxylation sites is 1. The van der Waals surface area contributed by atoms with Crippen LogP contribution in [0.15, 0.2) is 48.5 Å². The molecular formula is C22H26N2O4. The first-order chi connectivity index (χ1) is 13.6. The molecule has 0 spiro atoms. The van der Waals surface area contributed by atoms with Crippen molar-refractivity contribution in [2.24, 2.45) is 0 Å². The van der Waals surface area contributed by atoms with Crippen molar-refractivity contribution in [3.05, 3.63) is 59.7 Å². The molecule has 0 atom stereocenters. The predicted molar refractivity (Wildman–Crippen MR) is 107 cm³/mol. The van der Waals surface area contributed by atoms with Crippen LogP contribution in [-0.4, -0.2) is 50.1 Å². The maximum atomic E-state index is 12.5. The highest BCUT2D eigenvalue weighted by Gasteiger charge is 2.25. The number of hydrogen-bond donors (Lipinski definition) is 1. The van der Waals surface area contributed by atoms with E-state index in [0.717, 1.165) is 24.2 Å². The van der Waals surface area contributed by atoms with E-state index in [-0.39, 0.29) is 17.9 Å². The lowest BCUT2D eigenvalue weighted by atomic mass is 10.0. The second-order valence-corrected chi connectivity index (χ2v) is 6.85. The Hall–Kier alpha value is -3.02. The van der Waals surface area contributed by atoms with Gasteiger partial charge in [-0.2, -0.15) is 0 Å². The lowest BCUT2D eigenvalue weighted by Gasteiger charge is -2.32. The van der Waals surface area contributed by atoms with Crippen molar-refractivity contribution in [3.63, 3.8) is 0 Å². The van der Waals surface area contributed by atoms with Gasteiger partial charge >= 0.3 is 0 Å². The van der Waals surface area contributed by atoms with Crippen LogP contribution >= 0.6 is 0 Å². The number of nitrogens with zero attached hydrogens (tertiary/aromatic N) is 1. The smallest absolute Gasteiger partial charge is 0.255 e. The van der Waals surface area contributed by atoms with Gasteiger partial charge in [0.15, 0.2) is 0 Å². The fraction of sp³-hybridized carbons (Fsp3) is 0.364. The summed E-state index contributed by atoms with van der Waals surface area (Å²) in [5.74, 6) is 1.31. The summed E-state index contributed by atoms with van der Waals surface area (Å²) in [6.07, 6.45) is 1.87. The number of hydrogen-bond acceptors (Lipinski definition) is 4. The minimum atomic E-state index is -0.138. The number of methoxy groups -OCH3 is 2. The molecule has 3 rings (SSSR count). The molecule has 28 heavy (non-hydrogen) atoms. The van der Waals surface area contributed by atoms with Crippen LogP contribution in [0, 0.1) is 0 Å². The summed E-state index contributed by atoms with van der Waals surface area (Å²) in [4.78, 5) is 26.9. The number of ether oxygens (including phenoxy) is 2. The molecule has 6 heteroatoms. The minimum Gasteiger partial charge on any atom is -0.497 e. The molecule has 1 aliphatic heterocycles. The molecule has 0 aliphatic carbocycles. The van der Waals surface area contributed by atoms with Crippen LogP contribution in [0.2, 0.25) is 0 Å². The Morgan fingerprint density at radius 2 is 1.68 bits per heavy atom. The summed E-state index contributed by atoms with van der Waals surface area (Å²) in [5, 5.41) is 3.06. The first-order valence-electron chi connectivity index (χ1n) is 9.45. The molecule has 1 N–H and O–H groups in total. The normalized spacial score (nSPS) is 14.4. The molecule has 1 fully saturated rings. The van der Waals surface area contributed by atoms with E-state index >= 15 is 0 Å². The predicted octanol–water partition coefficient (Wildman–Crippen LogP) is 2.67. The maximum Gasteiger partial charge on any atom is 0.255 e. The number of rotatable bonds is 6. The van der Waals surface area contributed by atoms with Crippen LogP contribution in [0.5, 0.6) is 11.5 Å². The molecule has 0 unspecified atom stereocenters. The monoisotopic (exact) mass is 382 g/mol. The van der Waals surface area contributed by atoms with Gasteiger partial charge in [0.2, 0.25) is 5.91 Å². The molecule has 1 saturated heterocycles. The van der Waals surface area contributed by atoms with Gasteiger partial charge in [0.05, 0.1) is 26.2 Å². The van der Waals surface area contributed by atoms with E-state index in [9.17, 15) is 9.59 Å². The lowest BCUT2D eigenvalue weighted by Crippen LogP contribution is -2.47. The first-order valence-corrected chi connectivity index (χ1v) is 9.45. The molecule has 0 radical (unpaired) electrons. The molecular weight excluding hydrogens is 356 g/mol. The van der Waals surface area contributed by atoms with Crippen LogP contribution in [0.25, 0.3) is 0 Å². The second-order valence-electron chi connectivity index (χ2n) is 6.85. The Morgan fingerprint density at radius 1 is 1.00 bits per heavy atom. The zero-order valence-electron chi connectivity index (χ0n) is 16.3. The largest absolute Gasteiger partial charge is 0.497 e. The average molecular weight is 382 g/mol. The van der Waals surface area contributed by atoms with Crippen LogP contribution in [0.4, 0.5) is 0 Å². The molecule has 148 valence electrons. The van der Waals surface area contributed by atoms with E-state index in [1.165, 1.54) is 0 Å². The SMILES string of the molecule is COc1ccc(CC(=O)N2CCC(NC(=O)c3ccccc3OC)CC2)cc1. The molecule has 1 heterocycles. The number of piperidine rings is 1. The fourth-order valence-electron chi connectivity index (χ4n) is 3.40. The lowest BCUT2D eigenvalue weighted by molar-refractivity contribution is -0.131. The molecule has 0 saturated carbocycles. The highest BCUT2D eigenvalue weighted by atomic mass is 16.5. The van der Waals surface area contributed by atoms with Crippen molar-refractivity contribution in [2.45, 2.75) is 25.3 Å². The van der Waals surface area contributed by atoms with Crippen molar-refractivity contribution >= 4 is 11.8 Å². The first kappa shape index (κ1) is 19.7. The third-order valence-electron chi connectivity index (χ3n) is 5.05. The quantitative estimate of drug-likeness (QED) is 0.834. The zero-order chi connectivity index (χ0) is 19.9. The Bertz CT molecular complexity index is 812. The van der Waals surface area contributed by atoms with Crippen molar-refractivity contribution in [1.29, 1.82) is 0 Å². The van der Waals surface area contributed by atoms with Crippen LogP contribution < -0.4 is 14.8 Å². The fourth-order valence-corrected chi connectivity index (χ4v) is 3.40. The highest BCUT2D eigenvalue weighted by molar-refractivity contribution is 5.97. The standard InChI is InChI=1S/C22H26N2O4/c1-27-18-9-7-16(8-10-18)15-21(25)24-13-11-17(12-14-24)23-22(26)19-5-3-4-6-20(19)28-2/h3-10,17H,11-15H2,1-2H3,(H,23,26). The Morgan fingerprint density at radius 3 is 2.32 bits per heavy atom. The number of likely N-dealkylation sites (tertiary alicyclic amines) is 1. The number of amides is 2. The van der Waals surface area contributed by atoms with Gasteiger partial charge in [-0.25, -0.2) is 0 Å². The summed E-state index contributed by atoms with van der Waals surface area (Å²) in [5.41, 5.74) is 1.50. The van der Waals surface area contributed by atoms with E-state index in [1.807, 2.05) is 41.3 Å². The Kier molecular flexibility index (Phi) is 6.53. The molecule has 0 aromatic heterocycles. The Balaban J connectivity index is 1.49. The molecule has 2 aromatic carbocycles. The van der Waals surface area contributed by atoms with E-state index in [2.05, 4.69) is 5.32 Å². The summed E-state index contributed by atoms with van der Waals surface area (Å²) in [7, 11) is 3.18. The van der Waals surface area contributed by atoms with Gasteiger partial charge < -0.3 is 19.7 Å². The third-order valence-corrected chi connectivity index (χ3v) is 5.05. The van der Waals surface area contributed by atoms with Crippen molar-refractivity contribution < 1.29 is 19.1 Å². The number of carbonyl (C=O) groups is 2. The molecule has 0 bridgehead atoms. The van der Waals surface area contributed by atoms with Gasteiger partial charge in [-0.05, 0) is 42.7 Å². The minimum absolute atomic E-state index is 0.0578. The summed E-state index contributed by atoms with van der Waals surface area (Å²) >= 11 is 0.